The number of carbonyl (C=O) groups excluding carboxylic acids is 1. The van der Waals surface area contributed by atoms with Crippen LogP contribution in [0, 0.1) is 0 Å². The SMILES string of the molecule is CCOc1ccccc1OCCCC(=O)N1CCNCC1C. The summed E-state index contributed by atoms with van der Waals surface area (Å²) in [7, 11) is 0. The first-order chi connectivity index (χ1) is 10.7. The summed E-state index contributed by atoms with van der Waals surface area (Å²) < 4.78 is 11.3. The van der Waals surface area contributed by atoms with Crippen molar-refractivity contribution in [2.45, 2.75) is 32.7 Å². The smallest absolute Gasteiger partial charge is 0.223 e. The van der Waals surface area contributed by atoms with Crippen LogP contribution in [0.4, 0.5) is 0 Å². The van der Waals surface area contributed by atoms with Crippen molar-refractivity contribution in [1.29, 1.82) is 0 Å². The zero-order valence-electron chi connectivity index (χ0n) is 13.5. The van der Waals surface area contributed by atoms with Crippen LogP contribution < -0.4 is 14.8 Å². The zero-order chi connectivity index (χ0) is 15.8. The van der Waals surface area contributed by atoms with Gasteiger partial charge in [0.15, 0.2) is 11.5 Å². The highest BCUT2D eigenvalue weighted by Crippen LogP contribution is 2.26. The molecule has 22 heavy (non-hydrogen) atoms. The Hall–Kier alpha value is -1.75. The summed E-state index contributed by atoms with van der Waals surface area (Å²) in [5.41, 5.74) is 0. The van der Waals surface area contributed by atoms with Crippen molar-refractivity contribution >= 4 is 5.91 Å². The lowest BCUT2D eigenvalue weighted by Crippen LogP contribution is -2.52. The molecule has 1 amide bonds. The number of hydrogen-bond acceptors (Lipinski definition) is 4. The van der Waals surface area contributed by atoms with Crippen LogP contribution in [-0.4, -0.2) is 49.7 Å². The Morgan fingerprint density at radius 2 is 2.05 bits per heavy atom. The Labute approximate surface area is 132 Å². The van der Waals surface area contributed by atoms with Crippen molar-refractivity contribution in [3.05, 3.63) is 24.3 Å². The molecule has 0 aliphatic carbocycles. The molecule has 0 spiro atoms. The minimum Gasteiger partial charge on any atom is -0.490 e. The van der Waals surface area contributed by atoms with Gasteiger partial charge in [-0.3, -0.25) is 4.79 Å². The summed E-state index contributed by atoms with van der Waals surface area (Å²) in [6.07, 6.45) is 1.25. The molecule has 5 nitrogen and oxygen atoms in total. The first-order valence-electron chi connectivity index (χ1n) is 8.07. The van der Waals surface area contributed by atoms with Gasteiger partial charge in [0.25, 0.3) is 0 Å². The van der Waals surface area contributed by atoms with Crippen molar-refractivity contribution in [3.8, 4) is 11.5 Å². The van der Waals surface area contributed by atoms with E-state index in [-0.39, 0.29) is 11.9 Å². The number of benzene rings is 1. The molecule has 1 aliphatic heterocycles. The first kappa shape index (κ1) is 16.6. The van der Waals surface area contributed by atoms with E-state index in [4.69, 9.17) is 9.47 Å². The van der Waals surface area contributed by atoms with Gasteiger partial charge in [0.1, 0.15) is 0 Å². The number of para-hydroxylation sites is 2. The van der Waals surface area contributed by atoms with Crippen LogP contribution in [0.3, 0.4) is 0 Å². The minimum atomic E-state index is 0.218. The van der Waals surface area contributed by atoms with Gasteiger partial charge >= 0.3 is 0 Å². The fourth-order valence-electron chi connectivity index (χ4n) is 2.60. The number of nitrogens with one attached hydrogen (secondary N) is 1. The lowest BCUT2D eigenvalue weighted by molar-refractivity contribution is -0.134. The third-order valence-corrected chi connectivity index (χ3v) is 3.76. The number of hydrogen-bond donors (Lipinski definition) is 1. The normalized spacial score (nSPS) is 18.1. The maximum atomic E-state index is 12.2. The summed E-state index contributed by atoms with van der Waals surface area (Å²) in [5, 5.41) is 3.29. The van der Waals surface area contributed by atoms with Gasteiger partial charge in [-0.25, -0.2) is 0 Å². The number of rotatable bonds is 7. The van der Waals surface area contributed by atoms with Crippen molar-refractivity contribution in [1.82, 2.24) is 10.2 Å². The molecule has 1 aliphatic rings. The fourth-order valence-corrected chi connectivity index (χ4v) is 2.60. The molecule has 1 aromatic rings. The highest BCUT2D eigenvalue weighted by atomic mass is 16.5. The van der Waals surface area contributed by atoms with Crippen LogP contribution in [0.5, 0.6) is 11.5 Å². The van der Waals surface area contributed by atoms with Crippen LogP contribution in [0.25, 0.3) is 0 Å². The van der Waals surface area contributed by atoms with Gasteiger partial charge in [0.05, 0.1) is 13.2 Å². The molecule has 0 radical (unpaired) electrons. The highest BCUT2D eigenvalue weighted by Gasteiger charge is 2.22. The molecule has 1 heterocycles. The molecule has 2 rings (SSSR count). The van der Waals surface area contributed by atoms with Gasteiger partial charge in [-0.15, -0.1) is 0 Å². The quantitative estimate of drug-likeness (QED) is 0.784. The van der Waals surface area contributed by atoms with Crippen molar-refractivity contribution < 1.29 is 14.3 Å². The molecular weight excluding hydrogens is 280 g/mol. The van der Waals surface area contributed by atoms with Gasteiger partial charge in [-0.2, -0.15) is 0 Å². The molecular formula is C17H26N2O3. The monoisotopic (exact) mass is 306 g/mol. The second-order valence-electron chi connectivity index (χ2n) is 5.47. The van der Waals surface area contributed by atoms with Crippen LogP contribution in [0.1, 0.15) is 26.7 Å². The Morgan fingerprint density at radius 3 is 2.73 bits per heavy atom. The van der Waals surface area contributed by atoms with Crippen LogP contribution in [0.2, 0.25) is 0 Å². The standard InChI is InChI=1S/C17H26N2O3/c1-3-21-15-7-4-5-8-16(15)22-12-6-9-17(20)19-11-10-18-13-14(19)2/h4-5,7-8,14,18H,3,6,9-13H2,1-2H3. The number of amides is 1. The van der Waals surface area contributed by atoms with E-state index >= 15 is 0 Å². The van der Waals surface area contributed by atoms with E-state index in [1.165, 1.54) is 0 Å². The van der Waals surface area contributed by atoms with E-state index in [2.05, 4.69) is 12.2 Å². The van der Waals surface area contributed by atoms with Crippen LogP contribution in [0.15, 0.2) is 24.3 Å². The van der Waals surface area contributed by atoms with E-state index in [0.29, 0.717) is 19.6 Å². The van der Waals surface area contributed by atoms with E-state index in [0.717, 1.165) is 37.6 Å². The third-order valence-electron chi connectivity index (χ3n) is 3.76. The molecule has 0 bridgehead atoms. The topological polar surface area (TPSA) is 50.8 Å². The number of carbonyl (C=O) groups is 1. The predicted molar refractivity (Wildman–Crippen MR) is 86.4 cm³/mol. The molecule has 1 N–H and O–H groups in total. The molecule has 1 saturated heterocycles. The van der Waals surface area contributed by atoms with Gasteiger partial charge in [0, 0.05) is 32.1 Å². The second kappa shape index (κ2) is 8.63. The van der Waals surface area contributed by atoms with Gasteiger partial charge in [-0.1, -0.05) is 12.1 Å². The van der Waals surface area contributed by atoms with E-state index in [9.17, 15) is 4.79 Å². The van der Waals surface area contributed by atoms with Gasteiger partial charge < -0.3 is 19.7 Å². The first-order valence-corrected chi connectivity index (χ1v) is 8.07. The highest BCUT2D eigenvalue weighted by molar-refractivity contribution is 5.76. The Balaban J connectivity index is 1.74. The number of ether oxygens (including phenoxy) is 2. The summed E-state index contributed by atoms with van der Waals surface area (Å²) in [5.74, 6) is 1.72. The minimum absolute atomic E-state index is 0.218. The predicted octanol–water partition coefficient (Wildman–Crippen LogP) is 2.06. The molecule has 1 atom stereocenters. The maximum absolute atomic E-state index is 12.2. The largest absolute Gasteiger partial charge is 0.490 e. The van der Waals surface area contributed by atoms with Crippen LogP contribution in [-0.2, 0) is 4.79 Å². The van der Waals surface area contributed by atoms with Crippen molar-refractivity contribution in [2.75, 3.05) is 32.8 Å². The van der Waals surface area contributed by atoms with Crippen LogP contribution >= 0.6 is 0 Å². The van der Waals surface area contributed by atoms with E-state index in [1.54, 1.807) is 0 Å². The second-order valence-corrected chi connectivity index (χ2v) is 5.47. The molecule has 5 heteroatoms. The lowest BCUT2D eigenvalue weighted by Gasteiger charge is -2.34. The average Bonchev–Trinajstić information content (AvgIpc) is 2.53. The molecule has 1 aromatic carbocycles. The van der Waals surface area contributed by atoms with Crippen molar-refractivity contribution in [2.24, 2.45) is 0 Å². The summed E-state index contributed by atoms with van der Waals surface area (Å²) in [6, 6.07) is 7.91. The van der Waals surface area contributed by atoms with Crippen molar-refractivity contribution in [3.63, 3.8) is 0 Å². The number of nitrogens with zero attached hydrogens (tertiary/aromatic N) is 1. The molecule has 1 fully saturated rings. The summed E-state index contributed by atoms with van der Waals surface area (Å²) in [4.78, 5) is 14.2. The third kappa shape index (κ3) is 4.63. The Bertz CT molecular complexity index is 479. The molecule has 0 saturated carbocycles. The molecule has 0 aromatic heterocycles. The lowest BCUT2D eigenvalue weighted by atomic mass is 10.2. The number of piperazine rings is 1. The maximum Gasteiger partial charge on any atom is 0.223 e. The van der Waals surface area contributed by atoms with Gasteiger partial charge in [-0.05, 0) is 32.4 Å². The summed E-state index contributed by atoms with van der Waals surface area (Å²) >= 11 is 0. The average molecular weight is 306 g/mol. The Kier molecular flexibility index (Phi) is 6.52. The van der Waals surface area contributed by atoms with E-state index < -0.39 is 0 Å². The van der Waals surface area contributed by atoms with Gasteiger partial charge in [0.2, 0.25) is 5.91 Å². The van der Waals surface area contributed by atoms with E-state index in [1.807, 2.05) is 36.1 Å². The fraction of sp³-hybridized carbons (Fsp3) is 0.588. The molecule has 1 unspecified atom stereocenters. The molecule has 122 valence electrons. The summed E-state index contributed by atoms with van der Waals surface area (Å²) in [6.45, 7) is 7.73. The zero-order valence-corrected chi connectivity index (χ0v) is 13.5. The Morgan fingerprint density at radius 1 is 1.32 bits per heavy atom.